The second kappa shape index (κ2) is 10.4. The summed E-state index contributed by atoms with van der Waals surface area (Å²) >= 11 is 0. The number of likely N-dealkylation sites (tertiary alicyclic amines) is 2. The van der Waals surface area contributed by atoms with E-state index in [1.54, 1.807) is 31.3 Å². The molecule has 1 aromatic carbocycles. The number of amides is 3. The minimum Gasteiger partial charge on any atom is -0.355 e. The number of hydrogen-bond acceptors (Lipinski definition) is 4. The van der Waals surface area contributed by atoms with Crippen LogP contribution in [0.2, 0.25) is 0 Å². The highest BCUT2D eigenvalue weighted by Crippen LogP contribution is 2.22. The molecule has 0 bridgehead atoms. The van der Waals surface area contributed by atoms with Gasteiger partial charge in [0, 0.05) is 37.3 Å². The summed E-state index contributed by atoms with van der Waals surface area (Å²) in [4.78, 5) is 40.9. The Balaban J connectivity index is 1.42. The summed E-state index contributed by atoms with van der Waals surface area (Å²) in [5.41, 5.74) is 1.23. The molecule has 2 heterocycles. The largest absolute Gasteiger partial charge is 0.355 e. The third-order valence-electron chi connectivity index (χ3n) is 5.88. The first kappa shape index (κ1) is 21.3. The molecule has 0 spiro atoms. The van der Waals surface area contributed by atoms with Crippen LogP contribution in [0.3, 0.4) is 0 Å². The van der Waals surface area contributed by atoms with E-state index < -0.39 is 0 Å². The molecule has 0 radical (unpaired) electrons. The Bertz CT molecular complexity index is 703. The van der Waals surface area contributed by atoms with Gasteiger partial charge in [-0.25, -0.2) is 0 Å². The van der Waals surface area contributed by atoms with E-state index in [0.717, 1.165) is 51.9 Å². The van der Waals surface area contributed by atoms with Crippen LogP contribution in [0.5, 0.6) is 0 Å². The van der Waals surface area contributed by atoms with Gasteiger partial charge in [-0.2, -0.15) is 0 Å². The molecule has 2 fully saturated rings. The van der Waals surface area contributed by atoms with E-state index in [9.17, 15) is 14.4 Å². The number of hydrogen-bond donors (Lipinski definition) is 2. The van der Waals surface area contributed by atoms with Crippen LogP contribution in [0.25, 0.3) is 0 Å². The van der Waals surface area contributed by atoms with Crippen molar-refractivity contribution in [1.82, 2.24) is 15.1 Å². The molecular formula is C22H32N4O3. The van der Waals surface area contributed by atoms with Crippen molar-refractivity contribution in [2.24, 2.45) is 5.92 Å². The number of benzene rings is 1. The van der Waals surface area contributed by atoms with Gasteiger partial charge in [0.25, 0.3) is 5.91 Å². The van der Waals surface area contributed by atoms with Gasteiger partial charge in [0.2, 0.25) is 11.8 Å². The highest BCUT2D eigenvalue weighted by molar-refractivity contribution is 5.96. The van der Waals surface area contributed by atoms with Crippen molar-refractivity contribution in [3.63, 3.8) is 0 Å². The molecule has 0 unspecified atom stereocenters. The summed E-state index contributed by atoms with van der Waals surface area (Å²) in [6, 6.07) is 6.84. The minimum absolute atomic E-state index is 0.0741. The Morgan fingerprint density at radius 3 is 2.14 bits per heavy atom. The molecule has 7 nitrogen and oxygen atoms in total. The van der Waals surface area contributed by atoms with Gasteiger partial charge in [-0.15, -0.1) is 0 Å². The van der Waals surface area contributed by atoms with Crippen molar-refractivity contribution < 1.29 is 14.4 Å². The molecule has 3 amide bonds. The first-order valence-electron chi connectivity index (χ1n) is 10.7. The zero-order valence-corrected chi connectivity index (χ0v) is 17.3. The van der Waals surface area contributed by atoms with Gasteiger partial charge in [0.05, 0.1) is 6.54 Å². The second-order valence-corrected chi connectivity index (χ2v) is 7.99. The van der Waals surface area contributed by atoms with Crippen LogP contribution in [-0.4, -0.2) is 67.3 Å². The Morgan fingerprint density at radius 2 is 1.55 bits per heavy atom. The molecule has 0 saturated carbocycles. The maximum atomic E-state index is 12.8. The van der Waals surface area contributed by atoms with Crippen LogP contribution in [0.1, 0.15) is 48.9 Å². The maximum Gasteiger partial charge on any atom is 0.251 e. The molecule has 2 aliphatic heterocycles. The van der Waals surface area contributed by atoms with E-state index in [-0.39, 0.29) is 17.7 Å². The molecule has 29 heavy (non-hydrogen) atoms. The summed E-state index contributed by atoms with van der Waals surface area (Å²) in [7, 11) is 1.59. The van der Waals surface area contributed by atoms with Gasteiger partial charge >= 0.3 is 0 Å². The summed E-state index contributed by atoms with van der Waals surface area (Å²) < 4.78 is 0. The average Bonchev–Trinajstić information content (AvgIpc) is 3.03. The lowest BCUT2D eigenvalue weighted by atomic mass is 9.95. The fourth-order valence-electron chi connectivity index (χ4n) is 4.14. The zero-order valence-electron chi connectivity index (χ0n) is 17.3. The maximum absolute atomic E-state index is 12.8. The van der Waals surface area contributed by atoms with E-state index in [2.05, 4.69) is 20.4 Å². The standard InChI is InChI=1S/C22H32N4O3/c1-23-21(28)17-6-8-19(9-7-17)24-20(27)16-25-14-10-18(11-15-25)22(29)26-12-4-2-3-5-13-26/h6-9,18H,2-5,10-16H2,1H3,(H,23,28)(H,24,27). The molecule has 0 aliphatic carbocycles. The van der Waals surface area contributed by atoms with E-state index in [0.29, 0.717) is 23.7 Å². The highest BCUT2D eigenvalue weighted by Gasteiger charge is 2.29. The van der Waals surface area contributed by atoms with E-state index in [4.69, 9.17) is 0 Å². The van der Waals surface area contributed by atoms with Crippen LogP contribution in [0, 0.1) is 5.92 Å². The number of nitrogens with one attached hydrogen (secondary N) is 2. The molecule has 2 N–H and O–H groups in total. The monoisotopic (exact) mass is 400 g/mol. The normalized spacial score (nSPS) is 18.7. The first-order chi connectivity index (χ1) is 14.1. The van der Waals surface area contributed by atoms with Crippen molar-refractivity contribution in [1.29, 1.82) is 0 Å². The van der Waals surface area contributed by atoms with Gasteiger partial charge in [-0.3, -0.25) is 19.3 Å². The molecule has 2 aliphatic rings. The summed E-state index contributed by atoms with van der Waals surface area (Å²) in [5.74, 6) is 0.187. The molecule has 1 aromatic rings. The molecule has 158 valence electrons. The van der Waals surface area contributed by atoms with Gasteiger partial charge in [0.1, 0.15) is 0 Å². The number of carbonyl (C=O) groups is 3. The number of rotatable bonds is 5. The predicted molar refractivity (Wildman–Crippen MR) is 113 cm³/mol. The van der Waals surface area contributed by atoms with E-state index in [1.807, 2.05) is 0 Å². The van der Waals surface area contributed by atoms with Gasteiger partial charge in [-0.05, 0) is 63.0 Å². The third kappa shape index (κ3) is 6.03. The van der Waals surface area contributed by atoms with Gasteiger partial charge in [0.15, 0.2) is 0 Å². The minimum atomic E-state index is -0.152. The number of anilines is 1. The Morgan fingerprint density at radius 1 is 0.931 bits per heavy atom. The molecule has 2 saturated heterocycles. The van der Waals surface area contributed by atoms with E-state index in [1.165, 1.54) is 12.8 Å². The van der Waals surface area contributed by atoms with Crippen molar-refractivity contribution in [2.45, 2.75) is 38.5 Å². The third-order valence-corrected chi connectivity index (χ3v) is 5.88. The van der Waals surface area contributed by atoms with Crippen molar-refractivity contribution in [3.05, 3.63) is 29.8 Å². The molecular weight excluding hydrogens is 368 g/mol. The zero-order chi connectivity index (χ0) is 20.6. The Kier molecular flexibility index (Phi) is 7.63. The lowest BCUT2D eigenvalue weighted by Crippen LogP contribution is -2.44. The SMILES string of the molecule is CNC(=O)c1ccc(NC(=O)CN2CCC(C(=O)N3CCCCCC3)CC2)cc1. The average molecular weight is 401 g/mol. The Labute approximate surface area is 172 Å². The number of carbonyl (C=O) groups excluding carboxylic acids is 3. The van der Waals surface area contributed by atoms with Crippen LogP contribution < -0.4 is 10.6 Å². The molecule has 7 heteroatoms. The van der Waals surface area contributed by atoms with Gasteiger partial charge in [-0.1, -0.05) is 12.8 Å². The van der Waals surface area contributed by atoms with E-state index >= 15 is 0 Å². The van der Waals surface area contributed by atoms with Crippen molar-refractivity contribution in [3.8, 4) is 0 Å². The molecule has 0 aromatic heterocycles. The summed E-state index contributed by atoms with van der Waals surface area (Å²) in [6.45, 7) is 3.67. The first-order valence-corrected chi connectivity index (χ1v) is 10.7. The lowest BCUT2D eigenvalue weighted by Gasteiger charge is -2.33. The smallest absolute Gasteiger partial charge is 0.251 e. The Hall–Kier alpha value is -2.41. The second-order valence-electron chi connectivity index (χ2n) is 7.99. The van der Waals surface area contributed by atoms with Crippen LogP contribution in [-0.2, 0) is 9.59 Å². The van der Waals surface area contributed by atoms with Crippen molar-refractivity contribution in [2.75, 3.05) is 45.1 Å². The summed E-state index contributed by atoms with van der Waals surface area (Å²) in [6.07, 6.45) is 6.34. The number of nitrogens with zero attached hydrogens (tertiary/aromatic N) is 2. The summed E-state index contributed by atoms with van der Waals surface area (Å²) in [5, 5.41) is 5.45. The van der Waals surface area contributed by atoms with Gasteiger partial charge < -0.3 is 15.5 Å². The van der Waals surface area contributed by atoms with Crippen LogP contribution >= 0.6 is 0 Å². The predicted octanol–water partition coefficient (Wildman–Crippen LogP) is 2.10. The molecule has 3 rings (SSSR count). The lowest BCUT2D eigenvalue weighted by molar-refractivity contribution is -0.137. The quantitative estimate of drug-likeness (QED) is 0.793. The highest BCUT2D eigenvalue weighted by atomic mass is 16.2. The number of piperidine rings is 1. The fourth-order valence-corrected chi connectivity index (χ4v) is 4.14. The topological polar surface area (TPSA) is 81.8 Å². The van der Waals surface area contributed by atoms with Crippen molar-refractivity contribution >= 4 is 23.4 Å². The van der Waals surface area contributed by atoms with Crippen LogP contribution in [0.4, 0.5) is 5.69 Å². The molecule has 0 atom stereocenters. The fraction of sp³-hybridized carbons (Fsp3) is 0.591. The van der Waals surface area contributed by atoms with Crippen LogP contribution in [0.15, 0.2) is 24.3 Å².